The quantitative estimate of drug-likeness (QED) is 0.497. The number of fused-ring (bicyclic) bond motifs is 2. The molecule has 34 heavy (non-hydrogen) atoms. The van der Waals surface area contributed by atoms with Gasteiger partial charge in [0, 0.05) is 24.9 Å². The highest BCUT2D eigenvalue weighted by molar-refractivity contribution is 5.49. The molecule has 2 heterocycles. The fraction of sp³-hybridized carbons (Fsp3) is 0.565. The van der Waals surface area contributed by atoms with Crippen LogP contribution in [0.5, 0.6) is 11.5 Å². The van der Waals surface area contributed by atoms with Gasteiger partial charge in [-0.1, -0.05) is 0 Å². The average Bonchev–Trinajstić information content (AvgIpc) is 3.57. The monoisotopic (exact) mass is 487 g/mol. The second kappa shape index (κ2) is 8.49. The molecule has 0 amide bonds. The lowest BCUT2D eigenvalue weighted by Crippen LogP contribution is -2.48. The Balaban J connectivity index is 1.35. The number of anilines is 1. The molecule has 1 aliphatic heterocycles. The molecule has 1 saturated heterocycles. The van der Waals surface area contributed by atoms with Gasteiger partial charge in [0.25, 0.3) is 0 Å². The maximum Gasteiger partial charge on any atom is 0.420 e. The van der Waals surface area contributed by atoms with E-state index in [0.29, 0.717) is 25.6 Å². The summed E-state index contributed by atoms with van der Waals surface area (Å²) >= 11 is 0. The van der Waals surface area contributed by atoms with Crippen LogP contribution < -0.4 is 14.4 Å². The Hall–Kier alpha value is -2.72. The van der Waals surface area contributed by atoms with Crippen LogP contribution in [0.25, 0.3) is 0 Å². The molecule has 2 aromatic rings. The lowest BCUT2D eigenvalue weighted by Gasteiger charge is -2.39. The van der Waals surface area contributed by atoms with Gasteiger partial charge in [0.2, 0.25) is 0 Å². The van der Waals surface area contributed by atoms with Gasteiger partial charge in [-0.3, -0.25) is 0 Å². The normalized spacial score (nSPS) is 24.9. The Labute approximate surface area is 192 Å². The Bertz CT molecular complexity index is 1030. The molecule has 11 heteroatoms. The number of hydrogen-bond acceptors (Lipinski definition) is 5. The summed E-state index contributed by atoms with van der Waals surface area (Å²) in [6, 6.07) is 4.12. The molecule has 2 atom stereocenters. The summed E-state index contributed by atoms with van der Waals surface area (Å²) in [4.78, 5) is 1.59. The average molecular weight is 487 g/mol. The fourth-order valence-electron chi connectivity index (χ4n) is 4.85. The molecule has 1 aromatic carbocycles. The van der Waals surface area contributed by atoms with E-state index in [1.54, 1.807) is 4.90 Å². The third kappa shape index (κ3) is 4.74. The molecule has 5 rings (SSSR count). The summed E-state index contributed by atoms with van der Waals surface area (Å²) in [7, 11) is 0. The Morgan fingerprint density at radius 3 is 2.21 bits per heavy atom. The standard InChI is InChI=1S/C23H23F6N3O2/c24-22(25,26)16-5-6-18(19(9-16)33-12-13-1-2-13)34-20-14-3-4-15(20)11-32(10-14)21-17(23(27,28)29)7-8-30-31-21/h5-9,13-15,20H,1-4,10-12H2. The summed E-state index contributed by atoms with van der Waals surface area (Å²) in [6.07, 6.45) is -4.91. The third-order valence-electron chi connectivity index (χ3n) is 6.76. The molecule has 2 saturated carbocycles. The van der Waals surface area contributed by atoms with Crippen LogP contribution in [0, 0.1) is 17.8 Å². The number of rotatable bonds is 6. The van der Waals surface area contributed by atoms with E-state index in [1.165, 1.54) is 6.07 Å². The summed E-state index contributed by atoms with van der Waals surface area (Å²) in [6.45, 7) is 0.916. The van der Waals surface area contributed by atoms with E-state index in [0.717, 1.165) is 50.1 Å². The number of hydrogen-bond donors (Lipinski definition) is 0. The van der Waals surface area contributed by atoms with Crippen molar-refractivity contribution in [3.8, 4) is 11.5 Å². The minimum Gasteiger partial charge on any atom is -0.489 e. The first-order valence-electron chi connectivity index (χ1n) is 11.2. The zero-order chi connectivity index (χ0) is 24.1. The molecule has 0 spiro atoms. The number of benzene rings is 1. The van der Waals surface area contributed by atoms with Crippen molar-refractivity contribution in [1.82, 2.24) is 10.2 Å². The van der Waals surface area contributed by atoms with Crippen molar-refractivity contribution in [1.29, 1.82) is 0 Å². The van der Waals surface area contributed by atoms with Crippen LogP contribution in [0.2, 0.25) is 0 Å². The predicted molar refractivity (Wildman–Crippen MR) is 110 cm³/mol. The molecule has 184 valence electrons. The third-order valence-corrected chi connectivity index (χ3v) is 6.76. The molecule has 2 bridgehead atoms. The second-order valence-corrected chi connectivity index (χ2v) is 9.26. The van der Waals surface area contributed by atoms with Gasteiger partial charge in [-0.2, -0.15) is 31.4 Å². The van der Waals surface area contributed by atoms with Crippen molar-refractivity contribution in [2.45, 2.75) is 44.1 Å². The lowest BCUT2D eigenvalue weighted by molar-refractivity contribution is -0.138. The van der Waals surface area contributed by atoms with Gasteiger partial charge in [0.15, 0.2) is 17.3 Å². The zero-order valence-corrected chi connectivity index (χ0v) is 18.1. The Kier molecular flexibility index (Phi) is 5.76. The van der Waals surface area contributed by atoms with Crippen LogP contribution in [0.1, 0.15) is 36.8 Å². The summed E-state index contributed by atoms with van der Waals surface area (Å²) in [5.41, 5.74) is -1.65. The second-order valence-electron chi connectivity index (χ2n) is 9.26. The number of alkyl halides is 6. The van der Waals surface area contributed by atoms with Crippen LogP contribution in [-0.4, -0.2) is 36.0 Å². The van der Waals surface area contributed by atoms with E-state index >= 15 is 0 Å². The van der Waals surface area contributed by atoms with Gasteiger partial charge in [0.1, 0.15) is 11.7 Å². The first kappa shape index (κ1) is 23.0. The zero-order valence-electron chi connectivity index (χ0n) is 18.1. The van der Waals surface area contributed by atoms with Gasteiger partial charge in [0.05, 0.1) is 18.4 Å². The number of halogens is 6. The van der Waals surface area contributed by atoms with Crippen LogP contribution in [-0.2, 0) is 12.4 Å². The van der Waals surface area contributed by atoms with E-state index in [2.05, 4.69) is 10.2 Å². The van der Waals surface area contributed by atoms with Gasteiger partial charge in [-0.25, -0.2) is 0 Å². The molecule has 0 N–H and O–H groups in total. The summed E-state index contributed by atoms with van der Waals surface area (Å²) in [5, 5.41) is 7.40. The van der Waals surface area contributed by atoms with Crippen molar-refractivity contribution in [2.75, 3.05) is 24.6 Å². The summed E-state index contributed by atoms with van der Waals surface area (Å²) in [5.74, 6) is 0.238. The van der Waals surface area contributed by atoms with Crippen LogP contribution in [0.4, 0.5) is 32.2 Å². The van der Waals surface area contributed by atoms with Crippen molar-refractivity contribution in [2.24, 2.45) is 17.8 Å². The Morgan fingerprint density at radius 1 is 0.882 bits per heavy atom. The van der Waals surface area contributed by atoms with Crippen LogP contribution in [0.15, 0.2) is 30.5 Å². The largest absolute Gasteiger partial charge is 0.489 e. The molecule has 3 aliphatic rings. The highest BCUT2D eigenvalue weighted by atomic mass is 19.4. The van der Waals surface area contributed by atoms with Crippen molar-refractivity contribution >= 4 is 5.82 Å². The SMILES string of the molecule is FC(F)(F)c1ccc(OC2C3CCC2CN(c2nnccc2C(F)(F)F)C3)c(OCC2CC2)c1. The molecular formula is C23H23F6N3O2. The van der Waals surface area contributed by atoms with Crippen molar-refractivity contribution in [3.05, 3.63) is 41.6 Å². The molecule has 1 aromatic heterocycles. The molecule has 5 nitrogen and oxygen atoms in total. The number of ether oxygens (including phenoxy) is 2. The van der Waals surface area contributed by atoms with E-state index in [-0.39, 0.29) is 35.3 Å². The highest BCUT2D eigenvalue weighted by Crippen LogP contribution is 2.45. The highest BCUT2D eigenvalue weighted by Gasteiger charge is 2.46. The van der Waals surface area contributed by atoms with E-state index < -0.39 is 23.5 Å². The van der Waals surface area contributed by atoms with Crippen molar-refractivity contribution < 1.29 is 35.8 Å². The minimum atomic E-state index is -4.55. The number of nitrogens with zero attached hydrogens (tertiary/aromatic N) is 3. The molecule has 0 radical (unpaired) electrons. The van der Waals surface area contributed by atoms with Gasteiger partial charge >= 0.3 is 12.4 Å². The number of piperidine rings is 1. The van der Waals surface area contributed by atoms with E-state index in [1.807, 2.05) is 0 Å². The van der Waals surface area contributed by atoms with Crippen molar-refractivity contribution in [3.63, 3.8) is 0 Å². The molecule has 2 aliphatic carbocycles. The molecular weight excluding hydrogens is 464 g/mol. The van der Waals surface area contributed by atoms with Gasteiger partial charge < -0.3 is 14.4 Å². The topological polar surface area (TPSA) is 47.5 Å². The maximum atomic E-state index is 13.5. The summed E-state index contributed by atoms with van der Waals surface area (Å²) < 4.78 is 92.0. The van der Waals surface area contributed by atoms with E-state index in [4.69, 9.17) is 9.47 Å². The van der Waals surface area contributed by atoms with Crippen LogP contribution >= 0.6 is 0 Å². The van der Waals surface area contributed by atoms with E-state index in [9.17, 15) is 26.3 Å². The minimum absolute atomic E-state index is 0.0526. The molecule has 2 unspecified atom stereocenters. The fourth-order valence-corrected chi connectivity index (χ4v) is 4.85. The lowest BCUT2D eigenvalue weighted by atomic mass is 9.94. The van der Waals surface area contributed by atoms with Gasteiger partial charge in [-0.15, -0.1) is 5.10 Å². The number of aromatic nitrogens is 2. The first-order valence-corrected chi connectivity index (χ1v) is 11.2. The smallest absolute Gasteiger partial charge is 0.420 e. The first-order chi connectivity index (χ1) is 16.1. The van der Waals surface area contributed by atoms with Crippen LogP contribution in [0.3, 0.4) is 0 Å². The van der Waals surface area contributed by atoms with Gasteiger partial charge in [-0.05, 0) is 55.9 Å². The predicted octanol–water partition coefficient (Wildman–Crippen LogP) is 5.60. The maximum absolute atomic E-state index is 13.5. The molecule has 3 fully saturated rings. The Morgan fingerprint density at radius 2 is 1.59 bits per heavy atom.